The Labute approximate surface area is 88.1 Å². The third-order valence-corrected chi connectivity index (χ3v) is 2.97. The number of hydrogen-bond donors (Lipinski definition) is 0. The van der Waals surface area contributed by atoms with Crippen molar-refractivity contribution in [1.82, 2.24) is 0 Å². The molecule has 0 aliphatic heterocycles. The summed E-state index contributed by atoms with van der Waals surface area (Å²) in [6, 6.07) is 5.20. The molecule has 4 heteroatoms. The van der Waals surface area contributed by atoms with E-state index in [0.717, 1.165) is 3.57 Å². The van der Waals surface area contributed by atoms with E-state index in [0.29, 0.717) is 15.6 Å². The lowest BCUT2D eigenvalue weighted by Gasteiger charge is -1.97. The van der Waals surface area contributed by atoms with Crippen molar-refractivity contribution in [2.24, 2.45) is 0 Å². The Bertz CT molecular complexity index is 330. The molecule has 0 unspecified atom stereocenters. The number of halogens is 3. The van der Waals surface area contributed by atoms with E-state index >= 15 is 0 Å². The van der Waals surface area contributed by atoms with Gasteiger partial charge in [-0.3, -0.25) is 0 Å². The summed E-state index contributed by atoms with van der Waals surface area (Å²) in [7, 11) is 0. The van der Waals surface area contributed by atoms with Crippen LogP contribution in [0.25, 0.3) is 0 Å². The van der Waals surface area contributed by atoms with Gasteiger partial charge in [0.05, 0.1) is 15.6 Å². The standard InChI is InChI=1S/C7H2Cl2IN/c8-5-2-6(9)7(10)1-4(5)3-11/h1-2H. The molecule has 56 valence electrons. The van der Waals surface area contributed by atoms with Gasteiger partial charge in [0.2, 0.25) is 0 Å². The van der Waals surface area contributed by atoms with Crippen LogP contribution in [0.15, 0.2) is 12.1 Å². The van der Waals surface area contributed by atoms with Gasteiger partial charge in [-0.05, 0) is 34.7 Å². The van der Waals surface area contributed by atoms with Crippen molar-refractivity contribution >= 4 is 45.8 Å². The molecule has 0 amide bonds. The van der Waals surface area contributed by atoms with Crippen molar-refractivity contribution in [2.75, 3.05) is 0 Å². The predicted molar refractivity (Wildman–Crippen MR) is 53.9 cm³/mol. The highest BCUT2D eigenvalue weighted by molar-refractivity contribution is 14.1. The molecule has 1 nitrogen and oxygen atoms in total. The van der Waals surface area contributed by atoms with Gasteiger partial charge in [-0.25, -0.2) is 0 Å². The van der Waals surface area contributed by atoms with Gasteiger partial charge in [-0.2, -0.15) is 5.26 Å². The third-order valence-electron chi connectivity index (χ3n) is 1.13. The fraction of sp³-hybridized carbons (Fsp3) is 0. The monoisotopic (exact) mass is 297 g/mol. The number of nitriles is 1. The topological polar surface area (TPSA) is 23.8 Å². The summed E-state index contributed by atoms with van der Waals surface area (Å²) in [4.78, 5) is 0. The first kappa shape index (κ1) is 9.11. The van der Waals surface area contributed by atoms with Crippen LogP contribution in [-0.2, 0) is 0 Å². The highest BCUT2D eigenvalue weighted by atomic mass is 127. The average molecular weight is 298 g/mol. The Morgan fingerprint density at radius 2 is 1.91 bits per heavy atom. The summed E-state index contributed by atoms with van der Waals surface area (Å²) in [6.07, 6.45) is 0. The zero-order valence-corrected chi connectivity index (χ0v) is 8.91. The minimum atomic E-state index is 0.401. The van der Waals surface area contributed by atoms with Crippen LogP contribution in [0.5, 0.6) is 0 Å². The molecule has 0 aromatic heterocycles. The Morgan fingerprint density at radius 1 is 1.27 bits per heavy atom. The Balaban J connectivity index is 3.35. The molecule has 0 saturated heterocycles. The first-order valence-electron chi connectivity index (χ1n) is 2.70. The van der Waals surface area contributed by atoms with Crippen LogP contribution in [0.4, 0.5) is 0 Å². The summed E-state index contributed by atoms with van der Waals surface area (Å²) in [5, 5.41) is 9.53. The maximum absolute atomic E-state index is 8.55. The maximum atomic E-state index is 8.55. The SMILES string of the molecule is N#Cc1cc(I)c(Cl)cc1Cl. The van der Waals surface area contributed by atoms with E-state index < -0.39 is 0 Å². The fourth-order valence-electron chi connectivity index (χ4n) is 0.608. The van der Waals surface area contributed by atoms with Gasteiger partial charge in [0.1, 0.15) is 6.07 Å². The second-order valence-electron chi connectivity index (χ2n) is 1.86. The highest BCUT2D eigenvalue weighted by Crippen LogP contribution is 2.25. The third kappa shape index (κ3) is 1.98. The Hall–Kier alpha value is 0.0200. The Morgan fingerprint density at radius 3 is 2.45 bits per heavy atom. The molecule has 0 radical (unpaired) electrons. The largest absolute Gasteiger partial charge is 0.192 e. The number of nitrogens with zero attached hydrogens (tertiary/aromatic N) is 1. The second-order valence-corrected chi connectivity index (χ2v) is 3.83. The Kier molecular flexibility index (Phi) is 2.99. The molecule has 0 N–H and O–H groups in total. The van der Waals surface area contributed by atoms with E-state index in [9.17, 15) is 0 Å². The van der Waals surface area contributed by atoms with Gasteiger partial charge < -0.3 is 0 Å². The van der Waals surface area contributed by atoms with Crippen molar-refractivity contribution in [1.29, 1.82) is 5.26 Å². The molecule has 1 aromatic rings. The molecule has 0 atom stereocenters. The van der Waals surface area contributed by atoms with Crippen LogP contribution in [0.3, 0.4) is 0 Å². The predicted octanol–water partition coefficient (Wildman–Crippen LogP) is 3.47. The van der Waals surface area contributed by atoms with Crippen molar-refractivity contribution in [3.63, 3.8) is 0 Å². The smallest absolute Gasteiger partial charge is 0.101 e. The summed E-state index contributed by atoms with van der Waals surface area (Å²) in [5.74, 6) is 0. The van der Waals surface area contributed by atoms with Gasteiger partial charge in [-0.1, -0.05) is 23.2 Å². The second kappa shape index (κ2) is 3.61. The molecule has 0 saturated carbocycles. The molecule has 0 aliphatic rings. The molecule has 11 heavy (non-hydrogen) atoms. The van der Waals surface area contributed by atoms with E-state index in [1.165, 1.54) is 0 Å². The lowest BCUT2D eigenvalue weighted by molar-refractivity contribution is 1.47. The van der Waals surface area contributed by atoms with Gasteiger partial charge in [0.15, 0.2) is 0 Å². The number of hydrogen-bond acceptors (Lipinski definition) is 1. The van der Waals surface area contributed by atoms with Crippen molar-refractivity contribution in [3.8, 4) is 6.07 Å². The number of rotatable bonds is 0. The molecule has 0 bridgehead atoms. The zero-order chi connectivity index (χ0) is 8.43. The van der Waals surface area contributed by atoms with Gasteiger partial charge in [0, 0.05) is 3.57 Å². The molecule has 0 fully saturated rings. The summed E-state index contributed by atoms with van der Waals surface area (Å²) in [6.45, 7) is 0. The van der Waals surface area contributed by atoms with E-state index in [1.807, 2.05) is 28.7 Å². The van der Waals surface area contributed by atoms with Crippen molar-refractivity contribution in [3.05, 3.63) is 31.3 Å². The van der Waals surface area contributed by atoms with Gasteiger partial charge >= 0.3 is 0 Å². The van der Waals surface area contributed by atoms with Gasteiger partial charge in [0.25, 0.3) is 0 Å². The molecular weight excluding hydrogens is 296 g/mol. The normalized spacial score (nSPS) is 9.27. The van der Waals surface area contributed by atoms with Crippen LogP contribution < -0.4 is 0 Å². The quantitative estimate of drug-likeness (QED) is 0.531. The molecule has 0 aliphatic carbocycles. The summed E-state index contributed by atoms with van der Waals surface area (Å²) in [5.41, 5.74) is 0.459. The van der Waals surface area contributed by atoms with E-state index in [2.05, 4.69) is 0 Å². The lowest BCUT2D eigenvalue weighted by atomic mass is 10.2. The van der Waals surface area contributed by atoms with Crippen LogP contribution in [0, 0.1) is 14.9 Å². The van der Waals surface area contributed by atoms with E-state index in [4.69, 9.17) is 28.5 Å². The van der Waals surface area contributed by atoms with Crippen LogP contribution in [0.1, 0.15) is 5.56 Å². The summed E-state index contributed by atoms with van der Waals surface area (Å²) >= 11 is 13.5. The molecule has 1 rings (SSSR count). The molecule has 0 spiro atoms. The first-order chi connectivity index (χ1) is 5.15. The van der Waals surface area contributed by atoms with Gasteiger partial charge in [-0.15, -0.1) is 0 Å². The van der Waals surface area contributed by atoms with E-state index in [-0.39, 0.29) is 0 Å². The van der Waals surface area contributed by atoms with Crippen LogP contribution in [0.2, 0.25) is 10.0 Å². The van der Waals surface area contributed by atoms with E-state index in [1.54, 1.807) is 12.1 Å². The average Bonchev–Trinajstić information content (AvgIpc) is 1.97. The maximum Gasteiger partial charge on any atom is 0.101 e. The number of benzene rings is 1. The first-order valence-corrected chi connectivity index (χ1v) is 4.53. The van der Waals surface area contributed by atoms with Crippen molar-refractivity contribution in [2.45, 2.75) is 0 Å². The fourth-order valence-corrected chi connectivity index (χ4v) is 1.50. The molecule has 0 heterocycles. The van der Waals surface area contributed by atoms with Crippen LogP contribution >= 0.6 is 45.8 Å². The summed E-state index contributed by atoms with van der Waals surface area (Å²) < 4.78 is 0.838. The minimum Gasteiger partial charge on any atom is -0.192 e. The van der Waals surface area contributed by atoms with Crippen molar-refractivity contribution < 1.29 is 0 Å². The minimum absolute atomic E-state index is 0.401. The van der Waals surface area contributed by atoms with Crippen LogP contribution in [-0.4, -0.2) is 0 Å². The lowest BCUT2D eigenvalue weighted by Crippen LogP contribution is -1.80. The molecule has 1 aromatic carbocycles. The zero-order valence-electron chi connectivity index (χ0n) is 5.24. The highest BCUT2D eigenvalue weighted by Gasteiger charge is 2.03. The molecular formula is C7H2Cl2IN.